The molecular weight excluding hydrogens is 176 g/mol. The molecule has 1 unspecified atom stereocenters. The van der Waals surface area contributed by atoms with E-state index in [0.717, 1.165) is 5.92 Å². The van der Waals surface area contributed by atoms with Crippen molar-refractivity contribution < 1.29 is 0 Å². The first-order chi connectivity index (χ1) is 6.33. The van der Waals surface area contributed by atoms with Crippen molar-refractivity contribution in [3.8, 4) is 0 Å². The first-order valence-electron chi connectivity index (χ1n) is 5.64. The van der Waals surface area contributed by atoms with Crippen LogP contribution in [0.1, 0.15) is 52.4 Å². The molecule has 1 aliphatic rings. The van der Waals surface area contributed by atoms with Gasteiger partial charge in [0.1, 0.15) is 0 Å². The number of rotatable bonds is 6. The number of allylic oxidation sites excluding steroid dienone is 2. The first kappa shape index (κ1) is 11.2. The summed E-state index contributed by atoms with van der Waals surface area (Å²) in [4.78, 5) is 1.66. The van der Waals surface area contributed by atoms with Gasteiger partial charge in [-0.3, -0.25) is 0 Å². The van der Waals surface area contributed by atoms with Crippen LogP contribution in [0.15, 0.2) is 11.0 Å². The topological polar surface area (TPSA) is 0 Å². The lowest BCUT2D eigenvalue weighted by Crippen LogP contribution is -1.91. The Morgan fingerprint density at radius 1 is 1.46 bits per heavy atom. The summed E-state index contributed by atoms with van der Waals surface area (Å²) in [6.07, 6.45) is 10.7. The Morgan fingerprint density at radius 2 is 2.31 bits per heavy atom. The Labute approximate surface area is 87.2 Å². The highest BCUT2D eigenvalue weighted by molar-refractivity contribution is 8.03. The smallest absolute Gasteiger partial charge is 0.00117 e. The summed E-state index contributed by atoms with van der Waals surface area (Å²) in [5, 5.41) is 0. The van der Waals surface area contributed by atoms with Crippen LogP contribution in [-0.4, -0.2) is 5.75 Å². The normalized spacial score (nSPS) is 18.8. The van der Waals surface area contributed by atoms with Crippen LogP contribution in [0.5, 0.6) is 0 Å². The molecule has 0 saturated carbocycles. The van der Waals surface area contributed by atoms with Gasteiger partial charge in [-0.1, -0.05) is 39.2 Å². The summed E-state index contributed by atoms with van der Waals surface area (Å²) in [7, 11) is 0. The average Bonchev–Trinajstić information content (AvgIpc) is 2.64. The van der Waals surface area contributed by atoms with E-state index in [0.29, 0.717) is 0 Å². The zero-order valence-corrected chi connectivity index (χ0v) is 9.83. The zero-order chi connectivity index (χ0) is 9.52. The van der Waals surface area contributed by atoms with Crippen molar-refractivity contribution in [3.63, 3.8) is 0 Å². The maximum absolute atomic E-state index is 2.42. The Hall–Kier alpha value is 0.0900. The summed E-state index contributed by atoms with van der Waals surface area (Å²) >= 11 is 2.07. The number of thioether (sulfide) groups is 1. The van der Waals surface area contributed by atoms with Crippen LogP contribution in [0.2, 0.25) is 0 Å². The van der Waals surface area contributed by atoms with E-state index in [2.05, 4.69) is 31.7 Å². The third kappa shape index (κ3) is 4.75. The summed E-state index contributed by atoms with van der Waals surface area (Å²) in [6, 6.07) is 0. The molecule has 1 atom stereocenters. The SMILES string of the molecule is CCC(C)CCCCC1=CCCS1. The third-order valence-electron chi connectivity index (χ3n) is 2.84. The van der Waals surface area contributed by atoms with Gasteiger partial charge in [-0.15, -0.1) is 11.8 Å². The van der Waals surface area contributed by atoms with Crippen LogP contribution in [0.25, 0.3) is 0 Å². The van der Waals surface area contributed by atoms with Gasteiger partial charge in [0, 0.05) is 5.75 Å². The molecule has 0 N–H and O–H groups in total. The molecule has 1 heterocycles. The largest absolute Gasteiger partial charge is 0.131 e. The minimum absolute atomic E-state index is 0.935. The Kier molecular flexibility index (Phi) is 5.61. The number of hydrogen-bond acceptors (Lipinski definition) is 1. The molecule has 13 heavy (non-hydrogen) atoms. The monoisotopic (exact) mass is 198 g/mol. The lowest BCUT2D eigenvalue weighted by molar-refractivity contribution is 0.485. The van der Waals surface area contributed by atoms with Crippen molar-refractivity contribution in [3.05, 3.63) is 11.0 Å². The molecule has 0 aromatic heterocycles. The van der Waals surface area contributed by atoms with E-state index in [-0.39, 0.29) is 0 Å². The van der Waals surface area contributed by atoms with Crippen molar-refractivity contribution in [1.29, 1.82) is 0 Å². The summed E-state index contributed by atoms with van der Waals surface area (Å²) < 4.78 is 0. The highest BCUT2D eigenvalue weighted by Gasteiger charge is 2.04. The third-order valence-corrected chi connectivity index (χ3v) is 4.03. The molecule has 0 aromatic carbocycles. The maximum Gasteiger partial charge on any atom is 0.00117 e. The van der Waals surface area contributed by atoms with E-state index in [1.165, 1.54) is 44.3 Å². The van der Waals surface area contributed by atoms with E-state index in [1.807, 2.05) is 0 Å². The molecule has 0 amide bonds. The molecule has 1 rings (SSSR count). The molecule has 0 aliphatic carbocycles. The van der Waals surface area contributed by atoms with Gasteiger partial charge in [-0.25, -0.2) is 0 Å². The molecule has 76 valence electrons. The van der Waals surface area contributed by atoms with E-state index in [9.17, 15) is 0 Å². The molecule has 1 aliphatic heterocycles. The Balaban J connectivity index is 1.94. The summed E-state index contributed by atoms with van der Waals surface area (Å²) in [5.74, 6) is 2.27. The second-order valence-electron chi connectivity index (χ2n) is 4.07. The Morgan fingerprint density at radius 3 is 2.92 bits per heavy atom. The van der Waals surface area contributed by atoms with Crippen LogP contribution >= 0.6 is 11.8 Å². The molecule has 0 saturated heterocycles. The van der Waals surface area contributed by atoms with Gasteiger partial charge in [-0.05, 0) is 30.1 Å². The van der Waals surface area contributed by atoms with E-state index < -0.39 is 0 Å². The second-order valence-corrected chi connectivity index (χ2v) is 5.29. The van der Waals surface area contributed by atoms with Crippen molar-refractivity contribution >= 4 is 11.8 Å². The zero-order valence-electron chi connectivity index (χ0n) is 9.01. The fourth-order valence-electron chi connectivity index (χ4n) is 1.64. The van der Waals surface area contributed by atoms with Crippen molar-refractivity contribution in [2.75, 3.05) is 5.75 Å². The number of hydrogen-bond donors (Lipinski definition) is 0. The molecule has 1 heteroatoms. The van der Waals surface area contributed by atoms with Crippen LogP contribution in [-0.2, 0) is 0 Å². The van der Waals surface area contributed by atoms with Gasteiger partial charge in [0.15, 0.2) is 0 Å². The number of unbranched alkanes of at least 4 members (excludes halogenated alkanes) is 1. The minimum Gasteiger partial charge on any atom is -0.131 e. The van der Waals surface area contributed by atoms with Crippen LogP contribution < -0.4 is 0 Å². The van der Waals surface area contributed by atoms with Gasteiger partial charge in [-0.2, -0.15) is 0 Å². The van der Waals surface area contributed by atoms with Gasteiger partial charge in [0.2, 0.25) is 0 Å². The first-order valence-corrected chi connectivity index (χ1v) is 6.63. The van der Waals surface area contributed by atoms with Crippen LogP contribution in [0.4, 0.5) is 0 Å². The molecule has 0 nitrogen and oxygen atoms in total. The molecule has 0 aromatic rings. The lowest BCUT2D eigenvalue weighted by Gasteiger charge is -2.07. The fourth-order valence-corrected chi connectivity index (χ4v) is 2.66. The Bertz CT molecular complexity index is 161. The van der Waals surface area contributed by atoms with Crippen LogP contribution in [0, 0.1) is 5.92 Å². The molecule has 0 spiro atoms. The molecular formula is C12H22S. The van der Waals surface area contributed by atoms with Gasteiger partial charge < -0.3 is 0 Å². The summed E-state index contributed by atoms with van der Waals surface area (Å²) in [6.45, 7) is 4.66. The molecule has 0 bridgehead atoms. The second kappa shape index (κ2) is 6.53. The summed E-state index contributed by atoms with van der Waals surface area (Å²) in [5.41, 5.74) is 0. The highest BCUT2D eigenvalue weighted by atomic mass is 32.2. The predicted octanol–water partition coefficient (Wildman–Crippen LogP) is 4.61. The van der Waals surface area contributed by atoms with E-state index in [4.69, 9.17) is 0 Å². The van der Waals surface area contributed by atoms with Crippen molar-refractivity contribution in [1.82, 2.24) is 0 Å². The molecule has 0 radical (unpaired) electrons. The van der Waals surface area contributed by atoms with Crippen LogP contribution in [0.3, 0.4) is 0 Å². The predicted molar refractivity (Wildman–Crippen MR) is 63.1 cm³/mol. The van der Waals surface area contributed by atoms with E-state index in [1.54, 1.807) is 4.91 Å². The lowest BCUT2D eigenvalue weighted by atomic mass is 10.0. The maximum atomic E-state index is 2.42. The van der Waals surface area contributed by atoms with E-state index >= 15 is 0 Å². The van der Waals surface area contributed by atoms with Gasteiger partial charge in [0.05, 0.1) is 0 Å². The van der Waals surface area contributed by atoms with Gasteiger partial charge >= 0.3 is 0 Å². The highest BCUT2D eigenvalue weighted by Crippen LogP contribution is 2.29. The van der Waals surface area contributed by atoms with Gasteiger partial charge in [0.25, 0.3) is 0 Å². The van der Waals surface area contributed by atoms with Crippen molar-refractivity contribution in [2.45, 2.75) is 52.4 Å². The minimum atomic E-state index is 0.935. The average molecular weight is 198 g/mol. The quantitative estimate of drug-likeness (QED) is 0.561. The fraction of sp³-hybridized carbons (Fsp3) is 0.833. The van der Waals surface area contributed by atoms with Crippen molar-refractivity contribution in [2.24, 2.45) is 5.92 Å². The molecule has 0 fully saturated rings. The standard InChI is InChI=1S/C12H22S/c1-3-11(2)7-4-5-8-12-9-6-10-13-12/h9,11H,3-8,10H2,1-2H3.